The molecule has 1 atom stereocenters. The van der Waals surface area contributed by atoms with E-state index in [-0.39, 0.29) is 6.04 Å². The van der Waals surface area contributed by atoms with Gasteiger partial charge < -0.3 is 15.3 Å². The van der Waals surface area contributed by atoms with Crippen molar-refractivity contribution in [2.75, 3.05) is 13.1 Å². The highest BCUT2D eigenvalue weighted by Crippen LogP contribution is 2.37. The number of carbonyl (C=O) groups is 1. The van der Waals surface area contributed by atoms with Crippen LogP contribution in [0.25, 0.3) is 0 Å². The minimum absolute atomic E-state index is 0.0250. The van der Waals surface area contributed by atoms with Crippen molar-refractivity contribution in [3.8, 4) is 0 Å². The smallest absolute Gasteiger partial charge is 0.407 e. The second-order valence-corrected chi connectivity index (χ2v) is 5.63. The van der Waals surface area contributed by atoms with Crippen molar-refractivity contribution in [2.24, 2.45) is 0 Å². The molecule has 1 saturated heterocycles. The monoisotopic (exact) mass is 280 g/mol. The van der Waals surface area contributed by atoms with E-state index in [1.54, 1.807) is 4.90 Å². The van der Waals surface area contributed by atoms with E-state index in [9.17, 15) is 9.90 Å². The lowest BCUT2D eigenvalue weighted by atomic mass is 9.90. The number of hydrogen-bond acceptors (Lipinski definition) is 2. The number of nitrogens with zero attached hydrogens (tertiary/aromatic N) is 1. The van der Waals surface area contributed by atoms with Crippen molar-refractivity contribution in [1.29, 1.82) is 0 Å². The highest BCUT2D eigenvalue weighted by Gasteiger charge is 2.32. The summed E-state index contributed by atoms with van der Waals surface area (Å²) in [5.41, 5.74) is 3.62. The van der Waals surface area contributed by atoms with Crippen molar-refractivity contribution < 1.29 is 9.90 Å². The maximum Gasteiger partial charge on any atom is 0.407 e. The molecular weight excluding hydrogens is 264 g/mol. The Morgan fingerprint density at radius 2 is 2.32 bits per heavy atom. The van der Waals surface area contributed by atoms with Gasteiger partial charge in [0.15, 0.2) is 0 Å². The molecule has 3 rings (SSSR count). The molecule has 5 heteroatoms. The summed E-state index contributed by atoms with van der Waals surface area (Å²) < 4.78 is 0. The molecule has 102 valence electrons. The summed E-state index contributed by atoms with van der Waals surface area (Å²) in [6.07, 6.45) is 1.94. The van der Waals surface area contributed by atoms with Crippen molar-refractivity contribution in [3.05, 3.63) is 33.8 Å². The van der Waals surface area contributed by atoms with Gasteiger partial charge in [-0.05, 0) is 54.6 Å². The van der Waals surface area contributed by atoms with E-state index in [0.29, 0.717) is 11.6 Å². The van der Waals surface area contributed by atoms with Crippen LogP contribution in [0.3, 0.4) is 0 Å². The third-order valence-corrected chi connectivity index (χ3v) is 4.28. The first-order valence-electron chi connectivity index (χ1n) is 6.68. The Labute approximate surface area is 117 Å². The van der Waals surface area contributed by atoms with Crippen LogP contribution < -0.4 is 5.32 Å². The molecule has 1 amide bonds. The molecule has 0 aliphatic carbocycles. The lowest BCUT2D eigenvalue weighted by Gasteiger charge is -2.28. The van der Waals surface area contributed by atoms with Gasteiger partial charge in [-0.2, -0.15) is 0 Å². The zero-order valence-corrected chi connectivity index (χ0v) is 11.4. The van der Waals surface area contributed by atoms with Crippen LogP contribution in [0.1, 0.15) is 35.6 Å². The first-order chi connectivity index (χ1) is 9.16. The molecule has 1 fully saturated rings. The molecule has 2 heterocycles. The van der Waals surface area contributed by atoms with Crippen LogP contribution in [0.4, 0.5) is 4.79 Å². The van der Waals surface area contributed by atoms with Gasteiger partial charge in [-0.15, -0.1) is 0 Å². The first kappa shape index (κ1) is 12.8. The number of halogens is 1. The molecule has 0 bridgehead atoms. The Bertz CT molecular complexity index is 518. The fourth-order valence-electron chi connectivity index (χ4n) is 3.23. The van der Waals surface area contributed by atoms with Gasteiger partial charge >= 0.3 is 6.09 Å². The average Bonchev–Trinajstić information content (AvgIpc) is 2.86. The zero-order chi connectivity index (χ0) is 13.4. The van der Waals surface area contributed by atoms with E-state index in [1.807, 2.05) is 12.1 Å². The Balaban J connectivity index is 2.04. The van der Waals surface area contributed by atoms with Gasteiger partial charge in [0.2, 0.25) is 0 Å². The third-order valence-electron chi connectivity index (χ3n) is 4.07. The summed E-state index contributed by atoms with van der Waals surface area (Å²) >= 11 is 6.19. The molecule has 1 aromatic carbocycles. The minimum Gasteiger partial charge on any atom is -0.465 e. The number of carboxylic acid groups (broad SMARTS) is 1. The number of rotatable bonds is 1. The molecule has 2 aliphatic rings. The van der Waals surface area contributed by atoms with E-state index < -0.39 is 6.09 Å². The molecule has 1 unspecified atom stereocenters. The maximum absolute atomic E-state index is 11.3. The van der Waals surface area contributed by atoms with Crippen LogP contribution in [0.15, 0.2) is 12.1 Å². The fourth-order valence-corrected chi connectivity index (χ4v) is 3.48. The molecule has 4 nitrogen and oxygen atoms in total. The number of benzene rings is 1. The standard InChI is InChI=1S/C14H17ClN2O2/c15-10-6-9-8-16-4-3-11(9)12(7-10)13-2-1-5-17(13)14(18)19/h6-7,13,16H,1-5,8H2,(H,18,19). The van der Waals surface area contributed by atoms with Gasteiger partial charge in [-0.25, -0.2) is 4.79 Å². The van der Waals surface area contributed by atoms with E-state index in [2.05, 4.69) is 5.32 Å². The maximum atomic E-state index is 11.3. The minimum atomic E-state index is -0.829. The van der Waals surface area contributed by atoms with Gasteiger partial charge in [0.25, 0.3) is 0 Å². The van der Waals surface area contributed by atoms with Gasteiger partial charge in [-0.1, -0.05) is 11.6 Å². The largest absolute Gasteiger partial charge is 0.465 e. The number of fused-ring (bicyclic) bond motifs is 1. The second-order valence-electron chi connectivity index (χ2n) is 5.19. The predicted octanol–water partition coefficient (Wildman–Crippen LogP) is 2.80. The van der Waals surface area contributed by atoms with E-state index in [0.717, 1.165) is 37.9 Å². The van der Waals surface area contributed by atoms with Crippen LogP contribution >= 0.6 is 11.6 Å². The number of likely N-dealkylation sites (tertiary alicyclic amines) is 1. The SMILES string of the molecule is O=C(O)N1CCCC1c1cc(Cl)cc2c1CCNC2. The molecule has 2 N–H and O–H groups in total. The number of hydrogen-bond donors (Lipinski definition) is 2. The summed E-state index contributed by atoms with van der Waals surface area (Å²) in [5.74, 6) is 0. The Hall–Kier alpha value is -1.26. The molecule has 0 radical (unpaired) electrons. The van der Waals surface area contributed by atoms with Crippen molar-refractivity contribution in [1.82, 2.24) is 10.2 Å². The average molecular weight is 281 g/mol. The predicted molar refractivity (Wildman–Crippen MR) is 73.6 cm³/mol. The highest BCUT2D eigenvalue weighted by molar-refractivity contribution is 6.30. The Kier molecular flexibility index (Phi) is 3.37. The summed E-state index contributed by atoms with van der Waals surface area (Å²) in [4.78, 5) is 12.9. The summed E-state index contributed by atoms with van der Waals surface area (Å²) in [6, 6.07) is 3.92. The molecule has 1 aromatic rings. The van der Waals surface area contributed by atoms with Crippen LogP contribution in [-0.2, 0) is 13.0 Å². The van der Waals surface area contributed by atoms with Gasteiger partial charge in [-0.3, -0.25) is 0 Å². The summed E-state index contributed by atoms with van der Waals surface area (Å²) in [5, 5.41) is 13.3. The molecule has 0 spiro atoms. The van der Waals surface area contributed by atoms with Crippen LogP contribution in [0.2, 0.25) is 5.02 Å². The van der Waals surface area contributed by atoms with E-state index >= 15 is 0 Å². The second kappa shape index (κ2) is 5.02. The van der Waals surface area contributed by atoms with Crippen LogP contribution in [-0.4, -0.2) is 29.2 Å². The van der Waals surface area contributed by atoms with Gasteiger partial charge in [0.05, 0.1) is 6.04 Å². The Morgan fingerprint density at radius 1 is 1.47 bits per heavy atom. The highest BCUT2D eigenvalue weighted by atomic mass is 35.5. The van der Waals surface area contributed by atoms with Crippen LogP contribution in [0, 0.1) is 0 Å². The lowest BCUT2D eigenvalue weighted by Crippen LogP contribution is -2.31. The zero-order valence-electron chi connectivity index (χ0n) is 10.7. The molecule has 2 aliphatic heterocycles. The van der Waals surface area contributed by atoms with Gasteiger partial charge in [0, 0.05) is 18.1 Å². The quantitative estimate of drug-likeness (QED) is 0.832. The van der Waals surface area contributed by atoms with Crippen molar-refractivity contribution in [2.45, 2.75) is 31.8 Å². The van der Waals surface area contributed by atoms with E-state index in [1.165, 1.54) is 11.1 Å². The first-order valence-corrected chi connectivity index (χ1v) is 7.06. The van der Waals surface area contributed by atoms with Crippen molar-refractivity contribution >= 4 is 17.7 Å². The third kappa shape index (κ3) is 2.30. The number of amides is 1. The molecule has 0 saturated carbocycles. The topological polar surface area (TPSA) is 52.6 Å². The summed E-state index contributed by atoms with van der Waals surface area (Å²) in [6.45, 7) is 2.39. The lowest BCUT2D eigenvalue weighted by molar-refractivity contribution is 0.140. The molecular formula is C14H17ClN2O2. The van der Waals surface area contributed by atoms with Crippen molar-refractivity contribution in [3.63, 3.8) is 0 Å². The molecule has 0 aromatic heterocycles. The van der Waals surface area contributed by atoms with Crippen LogP contribution in [0.5, 0.6) is 0 Å². The van der Waals surface area contributed by atoms with E-state index in [4.69, 9.17) is 11.6 Å². The Morgan fingerprint density at radius 3 is 3.11 bits per heavy atom. The fraction of sp³-hybridized carbons (Fsp3) is 0.500. The normalized spacial score (nSPS) is 22.4. The summed E-state index contributed by atoms with van der Waals surface area (Å²) in [7, 11) is 0. The van der Waals surface area contributed by atoms with Gasteiger partial charge in [0.1, 0.15) is 0 Å². The molecule has 19 heavy (non-hydrogen) atoms. The number of nitrogens with one attached hydrogen (secondary N) is 1.